The van der Waals surface area contributed by atoms with E-state index in [9.17, 15) is 5.11 Å². The number of hydrogen-bond donors (Lipinski definition) is 1. The van der Waals surface area contributed by atoms with E-state index in [1.165, 1.54) is 5.56 Å². The lowest BCUT2D eigenvalue weighted by Gasteiger charge is -2.15. The molecule has 0 fully saturated rings. The van der Waals surface area contributed by atoms with E-state index in [-0.39, 0.29) is 0 Å². The van der Waals surface area contributed by atoms with Gasteiger partial charge in [0.25, 0.3) is 0 Å². The molecular weight excluding hydrogens is 260 g/mol. The Kier molecular flexibility index (Phi) is 5.40. The van der Waals surface area contributed by atoms with Crippen molar-refractivity contribution in [3.8, 4) is 5.75 Å². The lowest BCUT2D eigenvalue weighted by molar-refractivity contribution is 0.177. The molecule has 0 aliphatic rings. The van der Waals surface area contributed by atoms with E-state index >= 15 is 0 Å². The van der Waals surface area contributed by atoms with Crippen molar-refractivity contribution in [1.29, 1.82) is 0 Å². The fourth-order valence-corrected chi connectivity index (χ4v) is 2.60. The van der Waals surface area contributed by atoms with Crippen molar-refractivity contribution in [2.45, 2.75) is 32.8 Å². The van der Waals surface area contributed by atoms with Gasteiger partial charge in [-0.15, -0.1) is 0 Å². The summed E-state index contributed by atoms with van der Waals surface area (Å²) < 4.78 is 5.35. The largest absolute Gasteiger partial charge is 0.496 e. The Hall–Kier alpha value is -1.80. The number of hydrogen-bond acceptors (Lipinski definition) is 2. The van der Waals surface area contributed by atoms with Crippen molar-refractivity contribution < 1.29 is 9.84 Å². The molecule has 2 rings (SSSR count). The van der Waals surface area contributed by atoms with Crippen LogP contribution in [0.4, 0.5) is 0 Å². The maximum atomic E-state index is 10.5. The van der Waals surface area contributed by atoms with Crippen LogP contribution in [0.25, 0.3) is 0 Å². The van der Waals surface area contributed by atoms with Gasteiger partial charge in [-0.25, -0.2) is 0 Å². The van der Waals surface area contributed by atoms with Crippen molar-refractivity contribution in [2.75, 3.05) is 7.11 Å². The average molecular weight is 284 g/mol. The first kappa shape index (κ1) is 15.6. The molecule has 0 spiro atoms. The Morgan fingerprint density at radius 1 is 1.00 bits per heavy atom. The SMILES string of the molecule is COc1ccccc1CC(O)c1cccc(CC(C)C)c1. The van der Waals surface area contributed by atoms with Gasteiger partial charge in [0.05, 0.1) is 13.2 Å². The molecule has 0 saturated heterocycles. The van der Waals surface area contributed by atoms with Crippen LogP contribution in [0.5, 0.6) is 5.75 Å². The summed E-state index contributed by atoms with van der Waals surface area (Å²) in [4.78, 5) is 0. The maximum absolute atomic E-state index is 10.5. The number of para-hydroxylation sites is 1. The summed E-state index contributed by atoms with van der Waals surface area (Å²) in [5.41, 5.74) is 3.28. The van der Waals surface area contributed by atoms with E-state index in [4.69, 9.17) is 4.74 Å². The second-order valence-electron chi connectivity index (χ2n) is 5.87. The predicted octanol–water partition coefficient (Wildman–Crippen LogP) is 4.17. The molecular formula is C19H24O2. The van der Waals surface area contributed by atoms with E-state index in [1.807, 2.05) is 36.4 Å². The third kappa shape index (κ3) is 4.33. The monoisotopic (exact) mass is 284 g/mol. The van der Waals surface area contributed by atoms with Crippen LogP contribution < -0.4 is 4.74 Å². The van der Waals surface area contributed by atoms with Crippen molar-refractivity contribution in [3.05, 3.63) is 65.2 Å². The predicted molar refractivity (Wildman–Crippen MR) is 86.6 cm³/mol. The lowest BCUT2D eigenvalue weighted by atomic mass is 9.96. The quantitative estimate of drug-likeness (QED) is 0.862. The molecule has 2 aromatic rings. The third-order valence-corrected chi connectivity index (χ3v) is 3.59. The van der Waals surface area contributed by atoms with E-state index in [2.05, 4.69) is 26.0 Å². The molecule has 2 aromatic carbocycles. The van der Waals surface area contributed by atoms with Crippen LogP contribution >= 0.6 is 0 Å². The molecule has 21 heavy (non-hydrogen) atoms. The molecule has 0 amide bonds. The normalized spacial score (nSPS) is 12.4. The standard InChI is InChI=1S/C19H24O2/c1-14(2)11-15-7-6-9-16(12-15)18(20)13-17-8-4-5-10-19(17)21-3/h4-10,12,14,18,20H,11,13H2,1-3H3. The fourth-order valence-electron chi connectivity index (χ4n) is 2.60. The lowest BCUT2D eigenvalue weighted by Crippen LogP contribution is -2.04. The second kappa shape index (κ2) is 7.28. The highest BCUT2D eigenvalue weighted by Crippen LogP contribution is 2.25. The molecule has 112 valence electrons. The summed E-state index contributed by atoms with van der Waals surface area (Å²) >= 11 is 0. The van der Waals surface area contributed by atoms with Crippen molar-refractivity contribution in [1.82, 2.24) is 0 Å². The molecule has 1 N–H and O–H groups in total. The molecule has 0 aliphatic heterocycles. The van der Waals surface area contributed by atoms with Gasteiger partial charge in [-0.2, -0.15) is 0 Å². The third-order valence-electron chi connectivity index (χ3n) is 3.59. The summed E-state index contributed by atoms with van der Waals surface area (Å²) in [6.07, 6.45) is 1.10. The molecule has 0 aliphatic carbocycles. The van der Waals surface area contributed by atoms with E-state index in [1.54, 1.807) is 7.11 Å². The van der Waals surface area contributed by atoms with Crippen LogP contribution in [0.3, 0.4) is 0 Å². The molecule has 0 aromatic heterocycles. The first-order valence-corrected chi connectivity index (χ1v) is 7.49. The molecule has 0 radical (unpaired) electrons. The van der Waals surface area contributed by atoms with Gasteiger partial charge >= 0.3 is 0 Å². The number of rotatable bonds is 6. The first-order valence-electron chi connectivity index (χ1n) is 7.49. The number of aliphatic hydroxyl groups excluding tert-OH is 1. The van der Waals surface area contributed by atoms with Gasteiger partial charge in [-0.05, 0) is 35.1 Å². The molecule has 1 unspecified atom stereocenters. The maximum Gasteiger partial charge on any atom is 0.122 e. The van der Waals surface area contributed by atoms with Gasteiger partial charge in [0, 0.05) is 6.42 Å². The zero-order valence-electron chi connectivity index (χ0n) is 13.0. The van der Waals surface area contributed by atoms with Crippen LogP contribution in [0.15, 0.2) is 48.5 Å². The Morgan fingerprint density at radius 2 is 1.76 bits per heavy atom. The Labute approximate surface area is 127 Å². The summed E-state index contributed by atoms with van der Waals surface area (Å²) in [5, 5.41) is 10.5. The molecule has 0 bridgehead atoms. The summed E-state index contributed by atoms with van der Waals surface area (Å²) in [6, 6.07) is 16.1. The minimum atomic E-state index is -0.506. The number of ether oxygens (including phenoxy) is 1. The first-order chi connectivity index (χ1) is 10.1. The zero-order valence-corrected chi connectivity index (χ0v) is 13.0. The van der Waals surface area contributed by atoms with Gasteiger partial charge in [-0.1, -0.05) is 56.3 Å². The Morgan fingerprint density at radius 3 is 2.48 bits per heavy atom. The van der Waals surface area contributed by atoms with Gasteiger partial charge < -0.3 is 9.84 Å². The molecule has 1 atom stereocenters. The molecule has 2 heteroatoms. The minimum Gasteiger partial charge on any atom is -0.496 e. The van der Waals surface area contributed by atoms with Crippen LogP contribution in [0.2, 0.25) is 0 Å². The van der Waals surface area contributed by atoms with Gasteiger partial charge in [0.2, 0.25) is 0 Å². The highest BCUT2D eigenvalue weighted by molar-refractivity contribution is 5.35. The van der Waals surface area contributed by atoms with Crippen LogP contribution in [0, 0.1) is 5.92 Å². The number of benzene rings is 2. The van der Waals surface area contributed by atoms with Gasteiger partial charge in [0.15, 0.2) is 0 Å². The fraction of sp³-hybridized carbons (Fsp3) is 0.368. The van der Waals surface area contributed by atoms with E-state index in [0.29, 0.717) is 12.3 Å². The van der Waals surface area contributed by atoms with Gasteiger partial charge in [0.1, 0.15) is 5.75 Å². The van der Waals surface area contributed by atoms with Crippen molar-refractivity contribution in [3.63, 3.8) is 0 Å². The summed E-state index contributed by atoms with van der Waals surface area (Å²) in [6.45, 7) is 4.41. The molecule has 0 saturated carbocycles. The van der Waals surface area contributed by atoms with E-state index < -0.39 is 6.10 Å². The molecule has 0 heterocycles. The smallest absolute Gasteiger partial charge is 0.122 e. The zero-order chi connectivity index (χ0) is 15.2. The second-order valence-corrected chi connectivity index (χ2v) is 5.87. The Balaban J connectivity index is 2.14. The van der Waals surface area contributed by atoms with Crippen LogP contribution in [-0.2, 0) is 12.8 Å². The van der Waals surface area contributed by atoms with Crippen molar-refractivity contribution >= 4 is 0 Å². The number of methoxy groups -OCH3 is 1. The van der Waals surface area contributed by atoms with Crippen LogP contribution in [-0.4, -0.2) is 12.2 Å². The van der Waals surface area contributed by atoms with Crippen molar-refractivity contribution in [2.24, 2.45) is 5.92 Å². The van der Waals surface area contributed by atoms with Gasteiger partial charge in [-0.3, -0.25) is 0 Å². The molecule has 2 nitrogen and oxygen atoms in total. The number of aliphatic hydroxyl groups is 1. The Bertz CT molecular complexity index is 575. The summed E-state index contributed by atoms with van der Waals surface area (Å²) in [7, 11) is 1.66. The van der Waals surface area contributed by atoms with E-state index in [0.717, 1.165) is 23.3 Å². The highest BCUT2D eigenvalue weighted by Gasteiger charge is 2.12. The summed E-state index contributed by atoms with van der Waals surface area (Å²) in [5.74, 6) is 1.45. The van der Waals surface area contributed by atoms with Crippen LogP contribution in [0.1, 0.15) is 36.6 Å². The highest BCUT2D eigenvalue weighted by atomic mass is 16.5. The minimum absolute atomic E-state index is 0.506. The average Bonchev–Trinajstić information content (AvgIpc) is 2.47. The topological polar surface area (TPSA) is 29.5 Å².